The molecule has 1 aliphatic rings. The van der Waals surface area contributed by atoms with Gasteiger partial charge in [0.2, 0.25) is 10.0 Å². The minimum atomic E-state index is -3.52. The minimum absolute atomic E-state index is 0.0528. The molecule has 6 nitrogen and oxygen atoms in total. The fourth-order valence-corrected chi connectivity index (χ4v) is 4.82. The Morgan fingerprint density at radius 1 is 1.00 bits per heavy atom. The summed E-state index contributed by atoms with van der Waals surface area (Å²) < 4.78 is 27.0. The summed E-state index contributed by atoms with van der Waals surface area (Å²) in [4.78, 5) is 14.5. The number of sulfonamides is 1. The van der Waals surface area contributed by atoms with Crippen molar-refractivity contribution in [2.75, 3.05) is 26.2 Å². The number of carbonyl (C=O) groups excluding carboxylic acids is 1. The molecule has 0 aromatic heterocycles. The van der Waals surface area contributed by atoms with Crippen LogP contribution in [0.4, 0.5) is 4.79 Å². The van der Waals surface area contributed by atoms with Crippen LogP contribution in [-0.2, 0) is 16.4 Å². The van der Waals surface area contributed by atoms with E-state index in [1.807, 2.05) is 32.0 Å². The molecule has 1 N–H and O–H groups in total. The standard InChI is InChI=1S/C22H29N3O3S/c1-18-8-12-21(13-9-18)29(27,28)25-16-14-24(15-17-25)22(26)23-19(2)10-11-20-6-4-3-5-7-20/h3-9,12-13,19H,10-11,14-17H2,1-2H3,(H,23,26). The van der Waals surface area contributed by atoms with E-state index in [0.717, 1.165) is 18.4 Å². The number of amides is 2. The average molecular weight is 416 g/mol. The second-order valence-electron chi connectivity index (χ2n) is 7.58. The Bertz CT molecular complexity index is 906. The normalized spacial score (nSPS) is 16.4. The maximum Gasteiger partial charge on any atom is 0.317 e. The van der Waals surface area contributed by atoms with Gasteiger partial charge in [-0.25, -0.2) is 13.2 Å². The van der Waals surface area contributed by atoms with E-state index in [2.05, 4.69) is 17.4 Å². The van der Waals surface area contributed by atoms with Gasteiger partial charge in [0.05, 0.1) is 4.90 Å². The largest absolute Gasteiger partial charge is 0.336 e. The zero-order valence-electron chi connectivity index (χ0n) is 17.0. The molecule has 2 aromatic carbocycles. The molecule has 156 valence electrons. The van der Waals surface area contributed by atoms with Gasteiger partial charge in [0, 0.05) is 32.2 Å². The van der Waals surface area contributed by atoms with E-state index in [4.69, 9.17) is 0 Å². The van der Waals surface area contributed by atoms with E-state index in [1.165, 1.54) is 9.87 Å². The molecule has 29 heavy (non-hydrogen) atoms. The molecule has 1 unspecified atom stereocenters. The minimum Gasteiger partial charge on any atom is -0.336 e. The van der Waals surface area contributed by atoms with Gasteiger partial charge in [-0.2, -0.15) is 4.31 Å². The van der Waals surface area contributed by atoms with Gasteiger partial charge in [-0.3, -0.25) is 0 Å². The highest BCUT2D eigenvalue weighted by Gasteiger charge is 2.30. The van der Waals surface area contributed by atoms with Gasteiger partial charge < -0.3 is 10.2 Å². The summed E-state index contributed by atoms with van der Waals surface area (Å²) in [6.45, 7) is 5.32. The number of rotatable bonds is 6. The topological polar surface area (TPSA) is 69.7 Å². The van der Waals surface area contributed by atoms with E-state index in [0.29, 0.717) is 31.1 Å². The molecule has 2 aromatic rings. The molecular weight excluding hydrogens is 386 g/mol. The van der Waals surface area contributed by atoms with Crippen molar-refractivity contribution >= 4 is 16.1 Å². The second kappa shape index (κ2) is 9.41. The first-order valence-electron chi connectivity index (χ1n) is 10.0. The smallest absolute Gasteiger partial charge is 0.317 e. The molecule has 0 radical (unpaired) electrons. The van der Waals surface area contributed by atoms with Crippen LogP contribution in [-0.4, -0.2) is 55.9 Å². The van der Waals surface area contributed by atoms with Crippen molar-refractivity contribution in [1.82, 2.24) is 14.5 Å². The molecule has 1 aliphatic heterocycles. The van der Waals surface area contributed by atoms with Crippen LogP contribution >= 0.6 is 0 Å². The average Bonchev–Trinajstić information content (AvgIpc) is 2.73. The molecule has 2 amide bonds. The SMILES string of the molecule is Cc1ccc(S(=O)(=O)N2CCN(C(=O)NC(C)CCc3ccccc3)CC2)cc1. The van der Waals surface area contributed by atoms with Crippen LogP contribution in [0.1, 0.15) is 24.5 Å². The summed E-state index contributed by atoms with van der Waals surface area (Å²) in [5.74, 6) is 0. The predicted octanol–water partition coefficient (Wildman–Crippen LogP) is 3.03. The van der Waals surface area contributed by atoms with Crippen molar-refractivity contribution < 1.29 is 13.2 Å². The van der Waals surface area contributed by atoms with Gasteiger partial charge in [0.25, 0.3) is 0 Å². The molecule has 0 spiro atoms. The number of urea groups is 1. The quantitative estimate of drug-likeness (QED) is 0.788. The van der Waals surface area contributed by atoms with Crippen LogP contribution < -0.4 is 5.32 Å². The van der Waals surface area contributed by atoms with Crippen LogP contribution in [0.15, 0.2) is 59.5 Å². The summed E-state index contributed by atoms with van der Waals surface area (Å²) in [5.41, 5.74) is 2.27. The number of nitrogens with one attached hydrogen (secondary N) is 1. The summed E-state index contributed by atoms with van der Waals surface area (Å²) in [6, 6.07) is 17.0. The van der Waals surface area contributed by atoms with Crippen molar-refractivity contribution in [1.29, 1.82) is 0 Å². The van der Waals surface area contributed by atoms with Gasteiger partial charge in [0.1, 0.15) is 0 Å². The fraction of sp³-hybridized carbons (Fsp3) is 0.409. The third-order valence-corrected chi connectivity index (χ3v) is 7.18. The molecule has 1 fully saturated rings. The number of aryl methyl sites for hydroxylation is 2. The summed E-state index contributed by atoms with van der Waals surface area (Å²) in [7, 11) is -3.52. The molecular formula is C22H29N3O3S. The van der Waals surface area contributed by atoms with Gasteiger partial charge >= 0.3 is 6.03 Å². The number of hydrogen-bond acceptors (Lipinski definition) is 3. The van der Waals surface area contributed by atoms with E-state index in [-0.39, 0.29) is 12.1 Å². The number of piperazine rings is 1. The van der Waals surface area contributed by atoms with Crippen molar-refractivity contribution in [2.24, 2.45) is 0 Å². The van der Waals surface area contributed by atoms with Crippen LogP contribution in [0.3, 0.4) is 0 Å². The Morgan fingerprint density at radius 3 is 2.24 bits per heavy atom. The van der Waals surface area contributed by atoms with Crippen LogP contribution in [0.2, 0.25) is 0 Å². The summed E-state index contributed by atoms with van der Waals surface area (Å²) >= 11 is 0. The molecule has 0 aliphatic carbocycles. The first kappa shape index (κ1) is 21.3. The number of carbonyl (C=O) groups is 1. The van der Waals surface area contributed by atoms with Gasteiger partial charge in [-0.05, 0) is 44.4 Å². The van der Waals surface area contributed by atoms with Gasteiger partial charge in [-0.1, -0.05) is 48.0 Å². The lowest BCUT2D eigenvalue weighted by Crippen LogP contribution is -2.54. The molecule has 1 heterocycles. The summed E-state index contributed by atoms with van der Waals surface area (Å²) in [5, 5.41) is 3.03. The lowest BCUT2D eigenvalue weighted by molar-refractivity contribution is 0.169. The fourth-order valence-electron chi connectivity index (χ4n) is 3.39. The first-order chi connectivity index (χ1) is 13.9. The van der Waals surface area contributed by atoms with Crippen LogP contribution in [0.25, 0.3) is 0 Å². The third-order valence-electron chi connectivity index (χ3n) is 5.26. The Hall–Kier alpha value is -2.38. The zero-order valence-corrected chi connectivity index (χ0v) is 17.9. The first-order valence-corrected chi connectivity index (χ1v) is 11.5. The van der Waals surface area contributed by atoms with Crippen molar-refractivity contribution in [3.63, 3.8) is 0 Å². The molecule has 3 rings (SSSR count). The number of benzene rings is 2. The monoisotopic (exact) mass is 415 g/mol. The Labute approximate surface area is 173 Å². The Morgan fingerprint density at radius 2 is 1.62 bits per heavy atom. The van der Waals surface area contributed by atoms with E-state index in [1.54, 1.807) is 29.2 Å². The highest BCUT2D eigenvalue weighted by molar-refractivity contribution is 7.89. The van der Waals surface area contributed by atoms with E-state index < -0.39 is 10.0 Å². The van der Waals surface area contributed by atoms with Crippen molar-refractivity contribution in [3.8, 4) is 0 Å². The maximum atomic E-state index is 12.8. The second-order valence-corrected chi connectivity index (χ2v) is 9.52. The Kier molecular flexibility index (Phi) is 6.92. The highest BCUT2D eigenvalue weighted by Crippen LogP contribution is 2.18. The predicted molar refractivity (Wildman–Crippen MR) is 114 cm³/mol. The van der Waals surface area contributed by atoms with Crippen LogP contribution in [0.5, 0.6) is 0 Å². The number of hydrogen-bond donors (Lipinski definition) is 1. The van der Waals surface area contributed by atoms with Crippen molar-refractivity contribution in [2.45, 2.75) is 37.6 Å². The Balaban J connectivity index is 1.48. The van der Waals surface area contributed by atoms with Crippen LogP contribution in [0, 0.1) is 6.92 Å². The molecule has 1 atom stereocenters. The molecule has 0 bridgehead atoms. The molecule has 7 heteroatoms. The van der Waals surface area contributed by atoms with Gasteiger partial charge in [0.15, 0.2) is 0 Å². The zero-order chi connectivity index (χ0) is 20.9. The maximum absolute atomic E-state index is 12.8. The molecule has 0 saturated carbocycles. The molecule has 1 saturated heterocycles. The van der Waals surface area contributed by atoms with E-state index in [9.17, 15) is 13.2 Å². The van der Waals surface area contributed by atoms with E-state index >= 15 is 0 Å². The highest BCUT2D eigenvalue weighted by atomic mass is 32.2. The van der Waals surface area contributed by atoms with Crippen molar-refractivity contribution in [3.05, 3.63) is 65.7 Å². The third kappa shape index (κ3) is 5.58. The number of nitrogens with zero attached hydrogens (tertiary/aromatic N) is 2. The van der Waals surface area contributed by atoms with Gasteiger partial charge in [-0.15, -0.1) is 0 Å². The lowest BCUT2D eigenvalue weighted by Gasteiger charge is -2.34. The lowest BCUT2D eigenvalue weighted by atomic mass is 10.1. The summed E-state index contributed by atoms with van der Waals surface area (Å²) in [6.07, 6.45) is 1.77.